The Morgan fingerprint density at radius 2 is 2.23 bits per heavy atom. The fourth-order valence-corrected chi connectivity index (χ4v) is 0.895. The first-order valence-electron chi connectivity index (χ1n) is 4.15. The number of amides is 1. The van der Waals surface area contributed by atoms with Crippen LogP contribution in [0.5, 0.6) is 0 Å². The maximum atomic E-state index is 10.8. The van der Waals surface area contributed by atoms with Crippen molar-refractivity contribution in [2.45, 2.75) is 26.3 Å². The summed E-state index contributed by atoms with van der Waals surface area (Å²) in [5.74, 6) is -0.395. The Bertz CT molecular complexity index is 238. The molecule has 0 rings (SSSR count). The van der Waals surface area contributed by atoms with E-state index in [-0.39, 0.29) is 5.54 Å². The predicted molar refractivity (Wildman–Crippen MR) is 50.7 cm³/mol. The van der Waals surface area contributed by atoms with Crippen molar-refractivity contribution in [1.29, 1.82) is 5.26 Å². The summed E-state index contributed by atoms with van der Waals surface area (Å²) >= 11 is 0. The van der Waals surface area contributed by atoms with Gasteiger partial charge in [-0.2, -0.15) is 5.26 Å². The molecule has 0 aliphatic heterocycles. The average Bonchev–Trinajstić information content (AvgIpc) is 2.02. The highest BCUT2D eigenvalue weighted by Crippen LogP contribution is 2.02. The Balaban J connectivity index is 4.10. The largest absolute Gasteiger partial charge is 0.309 e. The molecule has 0 atom stereocenters. The van der Waals surface area contributed by atoms with E-state index in [0.717, 1.165) is 6.54 Å². The third-order valence-corrected chi connectivity index (χ3v) is 1.46. The van der Waals surface area contributed by atoms with Crippen LogP contribution in [0.15, 0.2) is 12.2 Å². The van der Waals surface area contributed by atoms with Crippen molar-refractivity contribution in [3.63, 3.8) is 0 Å². The molecule has 0 aliphatic rings. The van der Waals surface area contributed by atoms with Crippen LogP contribution in [0.4, 0.5) is 0 Å². The fraction of sp³-hybridized carbons (Fsp3) is 0.556. The number of nitrogens with one attached hydrogen (secondary N) is 2. The molecule has 0 fully saturated rings. The lowest BCUT2D eigenvalue weighted by Gasteiger charge is -2.20. The Morgan fingerprint density at radius 1 is 1.62 bits per heavy atom. The van der Waals surface area contributed by atoms with Gasteiger partial charge in [0.05, 0.1) is 0 Å². The van der Waals surface area contributed by atoms with Gasteiger partial charge in [-0.3, -0.25) is 10.1 Å². The normalized spacial score (nSPS) is 11.2. The first-order chi connectivity index (χ1) is 6.02. The van der Waals surface area contributed by atoms with Crippen molar-refractivity contribution in [2.24, 2.45) is 0 Å². The van der Waals surface area contributed by atoms with E-state index in [4.69, 9.17) is 5.26 Å². The van der Waals surface area contributed by atoms with Crippen LogP contribution in [0.3, 0.4) is 0 Å². The molecule has 0 aromatic carbocycles. The zero-order chi connectivity index (χ0) is 10.3. The van der Waals surface area contributed by atoms with Crippen molar-refractivity contribution in [2.75, 3.05) is 6.54 Å². The van der Waals surface area contributed by atoms with Gasteiger partial charge >= 0.3 is 0 Å². The molecule has 0 aromatic rings. The molecule has 72 valence electrons. The highest BCUT2D eigenvalue weighted by Gasteiger charge is 2.10. The molecule has 0 bridgehead atoms. The van der Waals surface area contributed by atoms with Crippen LogP contribution in [0.25, 0.3) is 0 Å². The monoisotopic (exact) mass is 181 g/mol. The first-order valence-corrected chi connectivity index (χ1v) is 4.15. The third-order valence-electron chi connectivity index (χ3n) is 1.46. The van der Waals surface area contributed by atoms with Gasteiger partial charge in [0.1, 0.15) is 0 Å². The quantitative estimate of drug-likeness (QED) is 0.377. The van der Waals surface area contributed by atoms with Crippen LogP contribution in [-0.4, -0.2) is 18.0 Å². The summed E-state index contributed by atoms with van der Waals surface area (Å²) in [6.45, 7) is 6.72. The lowest BCUT2D eigenvalue weighted by molar-refractivity contribution is -0.115. The minimum Gasteiger partial charge on any atom is -0.309 e. The summed E-state index contributed by atoms with van der Waals surface area (Å²) in [6, 6.07) is 0. The second-order valence-corrected chi connectivity index (χ2v) is 3.19. The molecular formula is C9H15N3O. The number of hydrogen-bond donors (Lipinski definition) is 2. The molecule has 0 spiro atoms. The molecule has 0 aromatic heterocycles. The zero-order valence-electron chi connectivity index (χ0n) is 8.22. The molecule has 0 radical (unpaired) electrons. The Labute approximate surface area is 78.6 Å². The van der Waals surface area contributed by atoms with Crippen molar-refractivity contribution in [1.82, 2.24) is 10.6 Å². The van der Waals surface area contributed by atoms with E-state index in [9.17, 15) is 4.79 Å². The number of nitriles is 1. The van der Waals surface area contributed by atoms with Gasteiger partial charge in [-0.05, 0) is 20.4 Å². The van der Waals surface area contributed by atoms with Crippen molar-refractivity contribution in [3.05, 3.63) is 12.2 Å². The standard InChI is InChI=1S/C9H15N3O/c1-4-12-9(2,3)6-5-8(13)11-7-10/h5-6,12H,4H2,1-3H3,(H,11,13). The molecule has 0 heterocycles. The molecule has 1 amide bonds. The minimum atomic E-state index is -0.395. The molecule has 0 saturated carbocycles. The van der Waals surface area contributed by atoms with E-state index in [0.29, 0.717) is 0 Å². The smallest absolute Gasteiger partial charge is 0.256 e. The number of nitrogens with zero attached hydrogens (tertiary/aromatic N) is 1. The molecule has 0 saturated heterocycles. The maximum absolute atomic E-state index is 10.8. The van der Waals surface area contributed by atoms with E-state index < -0.39 is 5.91 Å². The van der Waals surface area contributed by atoms with Gasteiger partial charge in [0, 0.05) is 11.6 Å². The number of rotatable bonds is 4. The summed E-state index contributed by atoms with van der Waals surface area (Å²) in [5, 5.41) is 13.3. The van der Waals surface area contributed by atoms with Crippen LogP contribution in [0.1, 0.15) is 20.8 Å². The summed E-state index contributed by atoms with van der Waals surface area (Å²) in [4.78, 5) is 10.8. The van der Waals surface area contributed by atoms with Crippen LogP contribution < -0.4 is 10.6 Å². The van der Waals surface area contributed by atoms with E-state index in [1.54, 1.807) is 12.3 Å². The van der Waals surface area contributed by atoms with Gasteiger partial charge in [0.25, 0.3) is 5.91 Å². The van der Waals surface area contributed by atoms with Gasteiger partial charge in [0.15, 0.2) is 6.19 Å². The van der Waals surface area contributed by atoms with Gasteiger partial charge in [-0.15, -0.1) is 0 Å². The highest BCUT2D eigenvalue weighted by molar-refractivity contribution is 5.88. The van der Waals surface area contributed by atoms with E-state index >= 15 is 0 Å². The number of likely N-dealkylation sites (N-methyl/N-ethyl adjacent to an activating group) is 1. The second kappa shape index (κ2) is 5.33. The van der Waals surface area contributed by atoms with E-state index in [1.807, 2.05) is 26.1 Å². The van der Waals surface area contributed by atoms with Crippen LogP contribution in [0, 0.1) is 11.5 Å². The predicted octanol–water partition coefficient (Wildman–Crippen LogP) is 0.528. The molecule has 0 aliphatic carbocycles. The summed E-state index contributed by atoms with van der Waals surface area (Å²) in [7, 11) is 0. The van der Waals surface area contributed by atoms with Crippen molar-refractivity contribution in [3.8, 4) is 6.19 Å². The molecule has 0 unspecified atom stereocenters. The lowest BCUT2D eigenvalue weighted by atomic mass is 10.1. The third kappa shape index (κ3) is 5.88. The molecule has 13 heavy (non-hydrogen) atoms. The summed E-state index contributed by atoms with van der Waals surface area (Å²) < 4.78 is 0. The number of hydrogen-bond acceptors (Lipinski definition) is 3. The van der Waals surface area contributed by atoms with Crippen LogP contribution in [-0.2, 0) is 4.79 Å². The Hall–Kier alpha value is -1.34. The number of carbonyl (C=O) groups excluding carboxylic acids is 1. The number of carbonyl (C=O) groups is 1. The zero-order valence-corrected chi connectivity index (χ0v) is 8.22. The van der Waals surface area contributed by atoms with Crippen molar-refractivity contribution < 1.29 is 4.79 Å². The van der Waals surface area contributed by atoms with Crippen LogP contribution >= 0.6 is 0 Å². The average molecular weight is 181 g/mol. The Kier molecular flexibility index (Phi) is 4.78. The van der Waals surface area contributed by atoms with Gasteiger partial charge in [0.2, 0.25) is 0 Å². The van der Waals surface area contributed by atoms with E-state index in [1.165, 1.54) is 6.08 Å². The highest BCUT2D eigenvalue weighted by atomic mass is 16.1. The Morgan fingerprint density at radius 3 is 2.69 bits per heavy atom. The fourth-order valence-electron chi connectivity index (χ4n) is 0.895. The lowest BCUT2D eigenvalue weighted by Crippen LogP contribution is -2.37. The summed E-state index contributed by atoms with van der Waals surface area (Å²) in [5.41, 5.74) is -0.221. The summed E-state index contributed by atoms with van der Waals surface area (Å²) in [6.07, 6.45) is 4.64. The molecule has 4 heteroatoms. The maximum Gasteiger partial charge on any atom is 0.256 e. The van der Waals surface area contributed by atoms with Gasteiger partial charge in [-0.25, -0.2) is 0 Å². The first kappa shape index (κ1) is 11.7. The minimum absolute atomic E-state index is 0.221. The SMILES string of the molecule is CCNC(C)(C)C=CC(=O)NC#N. The van der Waals surface area contributed by atoms with Crippen LogP contribution in [0.2, 0.25) is 0 Å². The molecular weight excluding hydrogens is 166 g/mol. The molecule has 4 nitrogen and oxygen atoms in total. The topological polar surface area (TPSA) is 64.9 Å². The van der Waals surface area contributed by atoms with Gasteiger partial charge in [-0.1, -0.05) is 13.0 Å². The van der Waals surface area contributed by atoms with Gasteiger partial charge < -0.3 is 5.32 Å². The van der Waals surface area contributed by atoms with E-state index in [2.05, 4.69) is 5.32 Å². The molecule has 2 N–H and O–H groups in total. The second-order valence-electron chi connectivity index (χ2n) is 3.19. The van der Waals surface area contributed by atoms with Crippen molar-refractivity contribution >= 4 is 5.91 Å².